The molecular formula is C19H23ClO. The molecule has 1 aliphatic rings. The van der Waals surface area contributed by atoms with Crippen LogP contribution < -0.4 is 4.74 Å². The van der Waals surface area contributed by atoms with Crippen LogP contribution in [-0.2, 0) is 0 Å². The second kappa shape index (κ2) is 7.05. The van der Waals surface area contributed by atoms with Crippen molar-refractivity contribution in [2.24, 2.45) is 5.92 Å². The Morgan fingerprint density at radius 2 is 1.81 bits per heavy atom. The van der Waals surface area contributed by atoms with Gasteiger partial charge in [0.05, 0.1) is 0 Å². The number of rotatable bonds is 3. The van der Waals surface area contributed by atoms with Gasteiger partial charge >= 0.3 is 0 Å². The van der Waals surface area contributed by atoms with Gasteiger partial charge in [-0.1, -0.05) is 49.3 Å². The lowest BCUT2D eigenvalue weighted by atomic mass is 9.89. The summed E-state index contributed by atoms with van der Waals surface area (Å²) in [5.74, 6) is 7.91. The van der Waals surface area contributed by atoms with Crippen molar-refractivity contribution < 1.29 is 4.74 Å². The molecule has 2 heteroatoms. The molecule has 1 nitrogen and oxygen atoms in total. The van der Waals surface area contributed by atoms with E-state index in [1.807, 2.05) is 38.1 Å². The van der Waals surface area contributed by atoms with Crippen LogP contribution >= 0.6 is 11.6 Å². The number of ether oxygens (including phenoxy) is 1. The zero-order valence-electron chi connectivity index (χ0n) is 12.9. The van der Waals surface area contributed by atoms with Crippen LogP contribution in [0.1, 0.15) is 46.0 Å². The number of halogens is 1. The van der Waals surface area contributed by atoms with E-state index in [9.17, 15) is 0 Å². The Hall–Kier alpha value is -1.39. The summed E-state index contributed by atoms with van der Waals surface area (Å²) in [5, 5.41) is 0.705. The van der Waals surface area contributed by atoms with Gasteiger partial charge in [-0.3, -0.25) is 0 Å². The van der Waals surface area contributed by atoms with E-state index in [0.717, 1.165) is 11.3 Å². The second-order valence-corrected chi connectivity index (χ2v) is 6.59. The minimum atomic E-state index is -0.504. The predicted octanol–water partition coefficient (Wildman–Crippen LogP) is 5.64. The molecule has 1 saturated carbocycles. The van der Waals surface area contributed by atoms with Crippen molar-refractivity contribution in [3.63, 3.8) is 0 Å². The summed E-state index contributed by atoms with van der Waals surface area (Å²) < 4.78 is 6.00. The molecular weight excluding hydrogens is 280 g/mol. The molecule has 1 aromatic rings. The average Bonchev–Trinajstić information content (AvgIpc) is 2.48. The van der Waals surface area contributed by atoms with Crippen molar-refractivity contribution in [2.75, 3.05) is 0 Å². The minimum absolute atomic E-state index is 0.504. The smallest absolute Gasteiger partial charge is 0.135 e. The maximum atomic E-state index is 6.00. The van der Waals surface area contributed by atoms with Crippen molar-refractivity contribution in [1.82, 2.24) is 0 Å². The number of hydrogen-bond acceptors (Lipinski definition) is 1. The molecule has 0 atom stereocenters. The molecule has 0 spiro atoms. The molecule has 1 aliphatic carbocycles. The summed E-state index contributed by atoms with van der Waals surface area (Å²) in [6.07, 6.45) is 6.40. The van der Waals surface area contributed by atoms with Crippen LogP contribution in [-0.4, -0.2) is 5.60 Å². The van der Waals surface area contributed by atoms with Crippen LogP contribution in [0.25, 0.3) is 0 Å². The summed E-state index contributed by atoms with van der Waals surface area (Å²) in [5.41, 5.74) is 0.318. The molecule has 0 aromatic heterocycles. The molecule has 0 aliphatic heterocycles. The fourth-order valence-electron chi connectivity index (χ4n) is 2.45. The third-order valence-electron chi connectivity index (χ3n) is 3.95. The van der Waals surface area contributed by atoms with Crippen molar-refractivity contribution in [1.29, 1.82) is 0 Å². The highest BCUT2D eigenvalue weighted by molar-refractivity contribution is 6.30. The van der Waals surface area contributed by atoms with Crippen LogP contribution in [0.3, 0.4) is 0 Å². The predicted molar refractivity (Wildman–Crippen MR) is 89.7 cm³/mol. The van der Waals surface area contributed by atoms with Crippen molar-refractivity contribution in [2.45, 2.75) is 51.6 Å². The summed E-state index contributed by atoms with van der Waals surface area (Å²) in [4.78, 5) is 0. The highest BCUT2D eigenvalue weighted by Gasteiger charge is 2.23. The molecule has 0 saturated heterocycles. The van der Waals surface area contributed by atoms with E-state index in [0.29, 0.717) is 10.9 Å². The first kappa shape index (κ1) is 16.0. The van der Waals surface area contributed by atoms with Crippen LogP contribution in [0.2, 0.25) is 5.02 Å². The van der Waals surface area contributed by atoms with E-state index in [4.69, 9.17) is 16.3 Å². The zero-order chi connectivity index (χ0) is 15.3. The van der Waals surface area contributed by atoms with Crippen LogP contribution in [0.15, 0.2) is 36.4 Å². The monoisotopic (exact) mass is 302 g/mol. The largest absolute Gasteiger partial charge is 0.483 e. The quantitative estimate of drug-likeness (QED) is 0.657. The van der Waals surface area contributed by atoms with E-state index >= 15 is 0 Å². The molecule has 21 heavy (non-hydrogen) atoms. The lowest BCUT2D eigenvalue weighted by Crippen LogP contribution is -2.29. The normalized spacial score (nSPS) is 16.0. The first-order valence-corrected chi connectivity index (χ1v) is 8.01. The molecule has 0 N–H and O–H groups in total. The molecule has 0 radical (unpaired) electrons. The molecule has 112 valence electrons. The van der Waals surface area contributed by atoms with Crippen molar-refractivity contribution in [3.8, 4) is 17.6 Å². The fourth-order valence-corrected chi connectivity index (χ4v) is 2.57. The minimum Gasteiger partial charge on any atom is -0.483 e. The maximum Gasteiger partial charge on any atom is 0.135 e. The second-order valence-electron chi connectivity index (χ2n) is 6.15. The van der Waals surface area contributed by atoms with Gasteiger partial charge in [-0.05, 0) is 51.0 Å². The van der Waals surface area contributed by atoms with E-state index in [1.54, 1.807) is 0 Å². The van der Waals surface area contributed by atoms with Crippen LogP contribution in [0, 0.1) is 17.8 Å². The summed E-state index contributed by atoms with van der Waals surface area (Å²) in [6, 6.07) is 7.38. The van der Waals surface area contributed by atoms with Gasteiger partial charge in [0.15, 0.2) is 0 Å². The zero-order valence-corrected chi connectivity index (χ0v) is 13.7. The van der Waals surface area contributed by atoms with E-state index in [-0.39, 0.29) is 0 Å². The third-order valence-corrected chi connectivity index (χ3v) is 4.20. The van der Waals surface area contributed by atoms with Gasteiger partial charge in [0.2, 0.25) is 0 Å². The Morgan fingerprint density at radius 1 is 1.19 bits per heavy atom. The Balaban J connectivity index is 1.99. The Labute approximate surface area is 133 Å². The Morgan fingerprint density at radius 3 is 2.43 bits per heavy atom. The van der Waals surface area contributed by atoms with E-state index in [1.165, 1.54) is 32.1 Å². The number of hydrogen-bond donors (Lipinski definition) is 0. The lowest BCUT2D eigenvalue weighted by Gasteiger charge is -2.26. The van der Waals surface area contributed by atoms with Crippen LogP contribution in [0.5, 0.6) is 5.75 Å². The molecule has 0 amide bonds. The number of benzene rings is 1. The van der Waals surface area contributed by atoms with Gasteiger partial charge in [0.25, 0.3) is 0 Å². The molecule has 0 heterocycles. The SMILES string of the molecule is C=C(C#CC1CCCCC1)C(C)(C)Oc1ccc(Cl)cc1. The molecule has 0 bridgehead atoms. The van der Waals surface area contributed by atoms with E-state index < -0.39 is 5.60 Å². The van der Waals surface area contributed by atoms with Gasteiger partial charge in [-0.25, -0.2) is 0 Å². The van der Waals surface area contributed by atoms with Gasteiger partial charge in [0, 0.05) is 16.5 Å². The third kappa shape index (κ3) is 4.83. The van der Waals surface area contributed by atoms with Crippen LogP contribution in [0.4, 0.5) is 0 Å². The van der Waals surface area contributed by atoms with Crippen molar-refractivity contribution in [3.05, 3.63) is 41.4 Å². The molecule has 0 unspecified atom stereocenters. The lowest BCUT2D eigenvalue weighted by molar-refractivity contribution is 0.154. The Bertz CT molecular complexity index is 539. The maximum absolute atomic E-state index is 6.00. The van der Waals surface area contributed by atoms with E-state index in [2.05, 4.69) is 18.4 Å². The van der Waals surface area contributed by atoms with Gasteiger partial charge in [-0.2, -0.15) is 0 Å². The topological polar surface area (TPSA) is 9.23 Å². The average molecular weight is 303 g/mol. The van der Waals surface area contributed by atoms with Gasteiger partial charge in [-0.15, -0.1) is 0 Å². The highest BCUT2D eigenvalue weighted by atomic mass is 35.5. The summed E-state index contributed by atoms with van der Waals surface area (Å²) in [7, 11) is 0. The molecule has 1 aromatic carbocycles. The highest BCUT2D eigenvalue weighted by Crippen LogP contribution is 2.26. The molecule has 2 rings (SSSR count). The Kier molecular flexibility index (Phi) is 5.37. The van der Waals surface area contributed by atoms with Gasteiger partial charge < -0.3 is 4.74 Å². The summed E-state index contributed by atoms with van der Waals surface area (Å²) in [6.45, 7) is 8.10. The molecule has 1 fully saturated rings. The standard InChI is InChI=1S/C19H23ClO/c1-15(9-10-16-7-5-4-6-8-16)19(2,3)21-18-13-11-17(20)12-14-18/h11-14,16H,1,4-8H2,2-3H3. The first-order valence-electron chi connectivity index (χ1n) is 7.63. The summed E-state index contributed by atoms with van der Waals surface area (Å²) >= 11 is 5.89. The van der Waals surface area contributed by atoms with Crippen molar-refractivity contribution >= 4 is 11.6 Å². The fraction of sp³-hybridized carbons (Fsp3) is 0.474. The van der Waals surface area contributed by atoms with Gasteiger partial charge in [0.1, 0.15) is 11.4 Å². The first-order chi connectivity index (χ1) is 9.97.